The highest BCUT2D eigenvalue weighted by Crippen LogP contribution is 2.28. The number of carbonyl (C=O) groups is 1. The average molecular weight is 420 g/mol. The molecule has 0 unspecified atom stereocenters. The normalized spacial score (nSPS) is 10.5. The summed E-state index contributed by atoms with van der Waals surface area (Å²) in [6.45, 7) is 0.286. The summed E-state index contributed by atoms with van der Waals surface area (Å²) in [6.07, 6.45) is 1.52. The van der Waals surface area contributed by atoms with Crippen molar-refractivity contribution in [3.63, 3.8) is 0 Å². The lowest BCUT2D eigenvalue weighted by atomic mass is 10.2. The van der Waals surface area contributed by atoms with Crippen molar-refractivity contribution in [1.29, 1.82) is 0 Å². The number of nitrogens with zero attached hydrogens (tertiary/aromatic N) is 1. The monoisotopic (exact) mass is 420 g/mol. The Morgan fingerprint density at radius 3 is 2.32 bits per heavy atom. The number of methoxy groups -OCH3 is 2. The lowest BCUT2D eigenvalue weighted by Crippen LogP contribution is -2.24. The van der Waals surface area contributed by atoms with Crippen LogP contribution in [0.3, 0.4) is 0 Å². The number of benzene rings is 3. The van der Waals surface area contributed by atoms with Gasteiger partial charge in [0.1, 0.15) is 18.1 Å². The summed E-state index contributed by atoms with van der Waals surface area (Å²) in [5.74, 6) is 2.11. The van der Waals surface area contributed by atoms with Gasteiger partial charge in [0, 0.05) is 0 Å². The molecule has 7 nitrogen and oxygen atoms in total. The van der Waals surface area contributed by atoms with E-state index in [0.29, 0.717) is 29.6 Å². The first-order valence-electron chi connectivity index (χ1n) is 9.61. The lowest BCUT2D eigenvalue weighted by molar-refractivity contribution is -0.123. The van der Waals surface area contributed by atoms with Crippen molar-refractivity contribution in [2.24, 2.45) is 5.10 Å². The quantitative estimate of drug-likeness (QED) is 0.399. The number of carbonyl (C=O) groups excluding carboxylic acids is 1. The molecule has 0 saturated heterocycles. The Balaban J connectivity index is 1.49. The van der Waals surface area contributed by atoms with Crippen LogP contribution in [-0.2, 0) is 11.4 Å². The zero-order valence-electron chi connectivity index (χ0n) is 17.4. The van der Waals surface area contributed by atoms with Crippen molar-refractivity contribution in [2.75, 3.05) is 20.8 Å². The maximum atomic E-state index is 11.9. The molecule has 0 aromatic heterocycles. The zero-order valence-corrected chi connectivity index (χ0v) is 17.4. The Bertz CT molecular complexity index is 1000. The van der Waals surface area contributed by atoms with Crippen molar-refractivity contribution in [2.45, 2.75) is 6.61 Å². The van der Waals surface area contributed by atoms with E-state index in [1.807, 2.05) is 36.4 Å². The van der Waals surface area contributed by atoms with Gasteiger partial charge in [-0.15, -0.1) is 0 Å². The van der Waals surface area contributed by atoms with Gasteiger partial charge >= 0.3 is 0 Å². The summed E-state index contributed by atoms with van der Waals surface area (Å²) in [5, 5.41) is 3.96. The molecule has 0 fully saturated rings. The van der Waals surface area contributed by atoms with Crippen LogP contribution in [0.1, 0.15) is 11.1 Å². The van der Waals surface area contributed by atoms with Crippen molar-refractivity contribution >= 4 is 12.1 Å². The zero-order chi connectivity index (χ0) is 21.9. The summed E-state index contributed by atoms with van der Waals surface area (Å²) >= 11 is 0. The van der Waals surface area contributed by atoms with Gasteiger partial charge in [-0.2, -0.15) is 5.10 Å². The maximum Gasteiger partial charge on any atom is 0.277 e. The second-order valence-electron chi connectivity index (χ2n) is 6.44. The Morgan fingerprint density at radius 2 is 1.61 bits per heavy atom. The van der Waals surface area contributed by atoms with Crippen LogP contribution in [0.25, 0.3) is 0 Å². The summed E-state index contributed by atoms with van der Waals surface area (Å²) in [5.41, 5.74) is 4.25. The first-order chi connectivity index (χ1) is 15.2. The molecule has 0 atom stereocenters. The van der Waals surface area contributed by atoms with Crippen LogP contribution in [0.15, 0.2) is 77.9 Å². The van der Waals surface area contributed by atoms with Crippen LogP contribution >= 0.6 is 0 Å². The Morgan fingerprint density at radius 1 is 0.871 bits per heavy atom. The van der Waals surface area contributed by atoms with E-state index in [4.69, 9.17) is 18.9 Å². The smallest absolute Gasteiger partial charge is 0.277 e. The van der Waals surface area contributed by atoms with E-state index in [1.54, 1.807) is 50.6 Å². The molecule has 3 aromatic rings. The van der Waals surface area contributed by atoms with Crippen molar-refractivity contribution in [3.05, 3.63) is 83.9 Å². The molecule has 160 valence electrons. The molecule has 3 aromatic carbocycles. The van der Waals surface area contributed by atoms with Crippen LogP contribution in [0.2, 0.25) is 0 Å². The van der Waals surface area contributed by atoms with Gasteiger partial charge in [-0.25, -0.2) is 5.43 Å². The molecule has 3 rings (SSSR count). The fourth-order valence-corrected chi connectivity index (χ4v) is 2.65. The van der Waals surface area contributed by atoms with Gasteiger partial charge < -0.3 is 18.9 Å². The fourth-order valence-electron chi connectivity index (χ4n) is 2.65. The third-order valence-corrected chi connectivity index (χ3v) is 4.26. The average Bonchev–Trinajstić information content (AvgIpc) is 2.82. The Hall–Kier alpha value is -4.00. The van der Waals surface area contributed by atoms with Crippen molar-refractivity contribution in [3.8, 4) is 23.0 Å². The van der Waals surface area contributed by atoms with E-state index in [-0.39, 0.29) is 12.5 Å². The minimum absolute atomic E-state index is 0.154. The second kappa shape index (κ2) is 11.3. The predicted molar refractivity (Wildman–Crippen MR) is 118 cm³/mol. The highest BCUT2D eigenvalue weighted by Gasteiger charge is 2.06. The van der Waals surface area contributed by atoms with Gasteiger partial charge in [-0.1, -0.05) is 30.3 Å². The summed E-state index contributed by atoms with van der Waals surface area (Å²) in [4.78, 5) is 11.9. The first kappa shape index (κ1) is 21.7. The van der Waals surface area contributed by atoms with E-state index < -0.39 is 0 Å². The molecule has 7 heteroatoms. The third kappa shape index (κ3) is 6.78. The number of rotatable bonds is 10. The van der Waals surface area contributed by atoms with Gasteiger partial charge in [0.25, 0.3) is 5.91 Å². The van der Waals surface area contributed by atoms with E-state index in [9.17, 15) is 4.79 Å². The molecule has 0 saturated carbocycles. The van der Waals surface area contributed by atoms with Crippen LogP contribution in [0, 0.1) is 0 Å². The number of hydrogen-bond donors (Lipinski definition) is 1. The standard InChI is InChI=1S/C24H24N2O5/c1-28-20-9-11-21(12-10-20)30-17-24(27)26-25-15-19-8-13-22(23(14-19)29-2)31-16-18-6-4-3-5-7-18/h3-15H,16-17H2,1-2H3,(H,26,27). The summed E-state index contributed by atoms with van der Waals surface area (Å²) in [6, 6.07) is 22.3. The molecule has 0 heterocycles. The van der Waals surface area contributed by atoms with Crippen LogP contribution < -0.4 is 24.4 Å². The highest BCUT2D eigenvalue weighted by atomic mass is 16.5. The predicted octanol–water partition coefficient (Wildman–Crippen LogP) is 3.81. The minimum atomic E-state index is -0.373. The molecule has 1 N–H and O–H groups in total. The van der Waals surface area contributed by atoms with Gasteiger partial charge in [-0.3, -0.25) is 4.79 Å². The molecule has 1 amide bonds. The molecular formula is C24H24N2O5. The third-order valence-electron chi connectivity index (χ3n) is 4.26. The largest absolute Gasteiger partial charge is 0.497 e. The summed E-state index contributed by atoms with van der Waals surface area (Å²) < 4.78 is 21.7. The Kier molecular flexibility index (Phi) is 7.88. The molecule has 0 spiro atoms. The lowest BCUT2D eigenvalue weighted by Gasteiger charge is -2.11. The molecule has 31 heavy (non-hydrogen) atoms. The van der Waals surface area contributed by atoms with Crippen LogP contribution in [-0.4, -0.2) is 32.9 Å². The van der Waals surface area contributed by atoms with Crippen molar-refractivity contribution < 1.29 is 23.7 Å². The van der Waals surface area contributed by atoms with Crippen LogP contribution in [0.4, 0.5) is 0 Å². The van der Waals surface area contributed by atoms with E-state index in [1.165, 1.54) is 6.21 Å². The number of ether oxygens (including phenoxy) is 4. The number of amides is 1. The first-order valence-corrected chi connectivity index (χ1v) is 9.61. The van der Waals surface area contributed by atoms with Gasteiger partial charge in [-0.05, 0) is 53.6 Å². The number of hydrazone groups is 1. The SMILES string of the molecule is COc1ccc(OCC(=O)NN=Cc2ccc(OCc3ccccc3)c(OC)c2)cc1. The van der Waals surface area contributed by atoms with Gasteiger partial charge in [0.2, 0.25) is 0 Å². The molecular weight excluding hydrogens is 396 g/mol. The van der Waals surface area contributed by atoms with E-state index in [2.05, 4.69) is 10.5 Å². The van der Waals surface area contributed by atoms with Crippen molar-refractivity contribution in [1.82, 2.24) is 5.43 Å². The number of hydrogen-bond acceptors (Lipinski definition) is 6. The van der Waals surface area contributed by atoms with Gasteiger partial charge in [0.05, 0.1) is 20.4 Å². The highest BCUT2D eigenvalue weighted by molar-refractivity contribution is 5.83. The second-order valence-corrected chi connectivity index (χ2v) is 6.44. The minimum Gasteiger partial charge on any atom is -0.497 e. The maximum absolute atomic E-state index is 11.9. The molecule has 0 aliphatic carbocycles. The van der Waals surface area contributed by atoms with Gasteiger partial charge in [0.15, 0.2) is 18.1 Å². The van der Waals surface area contributed by atoms with E-state index >= 15 is 0 Å². The fraction of sp³-hybridized carbons (Fsp3) is 0.167. The molecule has 0 bridgehead atoms. The summed E-state index contributed by atoms with van der Waals surface area (Å²) in [7, 11) is 3.16. The number of nitrogens with one attached hydrogen (secondary N) is 1. The Labute approximate surface area is 181 Å². The molecule has 0 aliphatic rings. The van der Waals surface area contributed by atoms with E-state index in [0.717, 1.165) is 11.1 Å². The van der Waals surface area contributed by atoms with Crippen LogP contribution in [0.5, 0.6) is 23.0 Å². The topological polar surface area (TPSA) is 78.4 Å². The molecule has 0 radical (unpaired) electrons. The molecule has 0 aliphatic heterocycles.